The maximum atomic E-state index is 14.2. The number of hydrogen-bond acceptors (Lipinski definition) is 6. The zero-order chi connectivity index (χ0) is 29.6. The fourth-order valence-electron chi connectivity index (χ4n) is 5.41. The molecule has 41 heavy (non-hydrogen) atoms. The largest absolute Gasteiger partial charge is 0.464 e. The third kappa shape index (κ3) is 8.39. The molecule has 1 saturated heterocycles. The third-order valence-corrected chi connectivity index (χ3v) is 7.71. The molecular formula is C31H42F3N5O2. The quantitative estimate of drug-likeness (QED) is 0.238. The van der Waals surface area contributed by atoms with Crippen LogP contribution >= 0.6 is 0 Å². The molecule has 0 spiro atoms. The fraction of sp³-hybridized carbons (Fsp3) is 0.516. The van der Waals surface area contributed by atoms with E-state index in [1.807, 2.05) is 26.0 Å². The fourth-order valence-corrected chi connectivity index (χ4v) is 5.41. The number of anilines is 2. The van der Waals surface area contributed by atoms with Crippen molar-refractivity contribution in [2.24, 2.45) is 5.92 Å². The molecule has 0 aliphatic carbocycles. The standard InChI is InChI=1S/C31H42F3N5O2/c1-21(2)19-27(37-29(31(32,33)34)23-5-10-28-22(20-23)13-18-41-28)30(40)36-15-14-35-24-6-8-26(9-7-24)39-16-11-25(12-17-39)38(3)4/h5-10,13,18,20-21,25,27,29,35,37H,11-12,14-17,19H2,1-4H3,(H,36,40). The van der Waals surface area contributed by atoms with Crippen LogP contribution in [0.25, 0.3) is 11.0 Å². The van der Waals surface area contributed by atoms with Gasteiger partial charge in [-0.3, -0.25) is 10.1 Å². The van der Waals surface area contributed by atoms with Crippen LogP contribution in [0.4, 0.5) is 24.5 Å². The summed E-state index contributed by atoms with van der Waals surface area (Å²) in [6.45, 7) is 6.57. The van der Waals surface area contributed by atoms with Crippen LogP contribution in [0.3, 0.4) is 0 Å². The van der Waals surface area contributed by atoms with Gasteiger partial charge in [0.2, 0.25) is 5.91 Å². The van der Waals surface area contributed by atoms with Crippen LogP contribution in [0.15, 0.2) is 59.2 Å². The summed E-state index contributed by atoms with van der Waals surface area (Å²) in [7, 11) is 4.26. The Morgan fingerprint density at radius 1 is 1.05 bits per heavy atom. The second-order valence-corrected chi connectivity index (χ2v) is 11.5. The zero-order valence-electron chi connectivity index (χ0n) is 24.3. The first kappa shape index (κ1) is 30.7. The molecule has 0 radical (unpaired) electrons. The van der Waals surface area contributed by atoms with Crippen molar-refractivity contribution in [1.82, 2.24) is 15.5 Å². The van der Waals surface area contributed by atoms with Crippen LogP contribution in [0.2, 0.25) is 0 Å². The van der Waals surface area contributed by atoms with Crippen LogP contribution < -0.4 is 20.9 Å². The molecule has 224 valence electrons. The number of halogens is 3. The molecular weight excluding hydrogens is 531 g/mol. The first-order valence-corrected chi connectivity index (χ1v) is 14.3. The van der Waals surface area contributed by atoms with Crippen LogP contribution in [-0.4, -0.2) is 69.3 Å². The minimum Gasteiger partial charge on any atom is -0.464 e. The van der Waals surface area contributed by atoms with E-state index in [9.17, 15) is 18.0 Å². The van der Waals surface area contributed by atoms with Gasteiger partial charge in [0.25, 0.3) is 0 Å². The van der Waals surface area contributed by atoms with E-state index in [0.717, 1.165) is 31.6 Å². The Bertz CT molecular complexity index is 1250. The number of fused-ring (bicyclic) bond motifs is 1. The van der Waals surface area contributed by atoms with E-state index in [1.165, 1.54) is 30.1 Å². The van der Waals surface area contributed by atoms with E-state index in [-0.39, 0.29) is 24.4 Å². The first-order valence-electron chi connectivity index (χ1n) is 14.3. The highest BCUT2D eigenvalue weighted by atomic mass is 19.4. The van der Waals surface area contributed by atoms with Gasteiger partial charge in [-0.2, -0.15) is 13.2 Å². The van der Waals surface area contributed by atoms with Gasteiger partial charge in [-0.05, 0) is 87.3 Å². The highest BCUT2D eigenvalue weighted by molar-refractivity contribution is 5.82. The van der Waals surface area contributed by atoms with Crippen LogP contribution in [0.5, 0.6) is 0 Å². The number of carbonyl (C=O) groups is 1. The maximum Gasteiger partial charge on any atom is 0.407 e. The van der Waals surface area contributed by atoms with Gasteiger partial charge >= 0.3 is 6.18 Å². The smallest absolute Gasteiger partial charge is 0.407 e. The van der Waals surface area contributed by atoms with Gasteiger partial charge < -0.3 is 24.9 Å². The Labute approximate surface area is 240 Å². The predicted molar refractivity (Wildman–Crippen MR) is 158 cm³/mol. The summed E-state index contributed by atoms with van der Waals surface area (Å²) >= 11 is 0. The number of carbonyl (C=O) groups excluding carboxylic acids is 1. The molecule has 3 N–H and O–H groups in total. The lowest BCUT2D eigenvalue weighted by Crippen LogP contribution is -2.50. The minimum absolute atomic E-state index is 0.0220. The van der Waals surface area contributed by atoms with Crippen molar-refractivity contribution in [3.05, 3.63) is 60.4 Å². The molecule has 2 heterocycles. The maximum absolute atomic E-state index is 14.2. The van der Waals surface area contributed by atoms with Crippen LogP contribution in [0, 0.1) is 5.92 Å². The van der Waals surface area contributed by atoms with E-state index in [0.29, 0.717) is 23.6 Å². The summed E-state index contributed by atoms with van der Waals surface area (Å²) in [5.41, 5.74) is 2.67. The Morgan fingerprint density at radius 2 is 1.76 bits per heavy atom. The Balaban J connectivity index is 1.30. The Morgan fingerprint density at radius 3 is 2.39 bits per heavy atom. The summed E-state index contributed by atoms with van der Waals surface area (Å²) in [5.74, 6) is -0.426. The molecule has 1 fully saturated rings. The van der Waals surface area contributed by atoms with Gasteiger partial charge in [0, 0.05) is 49.0 Å². The Hall–Kier alpha value is -3.24. The van der Waals surface area contributed by atoms with Gasteiger partial charge in [0.15, 0.2) is 0 Å². The molecule has 4 rings (SSSR count). The number of nitrogens with zero attached hydrogens (tertiary/aromatic N) is 2. The number of piperidine rings is 1. The number of alkyl halides is 3. The average Bonchev–Trinajstić information content (AvgIpc) is 3.41. The van der Waals surface area contributed by atoms with Gasteiger partial charge in [-0.25, -0.2) is 0 Å². The molecule has 7 nitrogen and oxygen atoms in total. The van der Waals surface area contributed by atoms with Gasteiger partial charge in [0.05, 0.1) is 12.3 Å². The summed E-state index contributed by atoms with van der Waals surface area (Å²) in [5, 5.41) is 9.29. The molecule has 2 unspecified atom stereocenters. The van der Waals surface area contributed by atoms with E-state index in [2.05, 4.69) is 52.0 Å². The van der Waals surface area contributed by atoms with Crippen molar-refractivity contribution in [2.45, 2.75) is 57.4 Å². The van der Waals surface area contributed by atoms with Crippen molar-refractivity contribution < 1.29 is 22.4 Å². The molecule has 1 aliphatic rings. The predicted octanol–water partition coefficient (Wildman–Crippen LogP) is 5.80. The molecule has 0 bridgehead atoms. The number of nitrogens with one attached hydrogen (secondary N) is 3. The van der Waals surface area contributed by atoms with E-state index < -0.39 is 24.2 Å². The van der Waals surface area contributed by atoms with E-state index in [1.54, 1.807) is 6.07 Å². The number of furan rings is 1. The molecule has 1 amide bonds. The van der Waals surface area contributed by atoms with Crippen molar-refractivity contribution in [1.29, 1.82) is 0 Å². The average molecular weight is 574 g/mol. The highest BCUT2D eigenvalue weighted by Gasteiger charge is 2.43. The first-order chi connectivity index (χ1) is 19.5. The number of amides is 1. The summed E-state index contributed by atoms with van der Waals surface area (Å²) in [4.78, 5) is 17.7. The lowest BCUT2D eigenvalue weighted by Gasteiger charge is -2.36. The highest BCUT2D eigenvalue weighted by Crippen LogP contribution is 2.35. The van der Waals surface area contributed by atoms with Gasteiger partial charge in [-0.15, -0.1) is 0 Å². The van der Waals surface area contributed by atoms with Gasteiger partial charge in [0.1, 0.15) is 11.6 Å². The molecule has 1 aromatic heterocycles. The molecule has 3 aromatic rings. The molecule has 10 heteroatoms. The van der Waals surface area contributed by atoms with Crippen LogP contribution in [-0.2, 0) is 4.79 Å². The monoisotopic (exact) mass is 573 g/mol. The molecule has 1 aliphatic heterocycles. The zero-order valence-corrected chi connectivity index (χ0v) is 24.3. The Kier molecular flexibility index (Phi) is 10.2. The topological polar surface area (TPSA) is 72.8 Å². The van der Waals surface area contributed by atoms with Crippen molar-refractivity contribution in [3.63, 3.8) is 0 Å². The second kappa shape index (κ2) is 13.6. The minimum atomic E-state index is -4.58. The van der Waals surface area contributed by atoms with Crippen molar-refractivity contribution in [2.75, 3.05) is 50.5 Å². The number of benzene rings is 2. The summed E-state index contributed by atoms with van der Waals surface area (Å²) in [6.07, 6.45) is -0.585. The molecule has 2 aromatic carbocycles. The summed E-state index contributed by atoms with van der Waals surface area (Å²) in [6, 6.07) is 11.9. The normalized spacial score (nSPS) is 16.4. The van der Waals surface area contributed by atoms with Crippen LogP contribution in [0.1, 0.15) is 44.7 Å². The number of hydrogen-bond donors (Lipinski definition) is 3. The lowest BCUT2D eigenvalue weighted by atomic mass is 9.99. The number of rotatable bonds is 12. The van der Waals surface area contributed by atoms with Gasteiger partial charge in [-0.1, -0.05) is 19.9 Å². The third-order valence-electron chi connectivity index (χ3n) is 7.71. The molecule has 0 saturated carbocycles. The second-order valence-electron chi connectivity index (χ2n) is 11.5. The SMILES string of the molecule is CC(C)CC(NC(c1ccc2occc2c1)C(F)(F)F)C(=O)NCCNc1ccc(N2CCC(N(C)C)CC2)cc1. The summed E-state index contributed by atoms with van der Waals surface area (Å²) < 4.78 is 47.7. The lowest BCUT2D eigenvalue weighted by molar-refractivity contribution is -0.161. The van der Waals surface area contributed by atoms with Crippen molar-refractivity contribution >= 4 is 28.3 Å². The van der Waals surface area contributed by atoms with Crippen molar-refractivity contribution in [3.8, 4) is 0 Å². The molecule has 2 atom stereocenters. The van der Waals surface area contributed by atoms with E-state index >= 15 is 0 Å². The van der Waals surface area contributed by atoms with E-state index in [4.69, 9.17) is 4.42 Å².